The maximum atomic E-state index is 12.6. The fraction of sp³-hybridized carbons (Fsp3) is 0.158. The van der Waals surface area contributed by atoms with E-state index in [0.717, 1.165) is 17.7 Å². The number of anilines is 1. The summed E-state index contributed by atoms with van der Waals surface area (Å²) in [6.07, 6.45) is -2.93. The van der Waals surface area contributed by atoms with Crippen molar-refractivity contribution >= 4 is 17.4 Å². The van der Waals surface area contributed by atoms with E-state index in [4.69, 9.17) is 16.3 Å². The van der Waals surface area contributed by atoms with Crippen LogP contribution in [-0.4, -0.2) is 9.97 Å². The van der Waals surface area contributed by atoms with Crippen LogP contribution < -0.4 is 10.1 Å². The van der Waals surface area contributed by atoms with E-state index in [2.05, 4.69) is 15.3 Å². The normalized spacial score (nSPS) is 11.3. The lowest BCUT2D eigenvalue weighted by molar-refractivity contribution is -0.137. The zero-order valence-electron chi connectivity index (χ0n) is 14.2. The van der Waals surface area contributed by atoms with Crippen molar-refractivity contribution < 1.29 is 17.9 Å². The number of hydrogen-bond acceptors (Lipinski definition) is 4. The molecule has 0 bridgehead atoms. The first-order chi connectivity index (χ1) is 12.8. The molecule has 4 nitrogen and oxygen atoms in total. The van der Waals surface area contributed by atoms with Gasteiger partial charge in [-0.15, -0.1) is 0 Å². The lowest BCUT2D eigenvalue weighted by atomic mass is 10.2. The summed E-state index contributed by atoms with van der Waals surface area (Å²) in [5.74, 6) is 1.40. The fourth-order valence-electron chi connectivity index (χ4n) is 2.29. The molecule has 0 atom stereocenters. The Morgan fingerprint density at radius 3 is 2.15 bits per heavy atom. The molecule has 0 saturated carbocycles. The fourth-order valence-corrected chi connectivity index (χ4v) is 2.45. The molecule has 0 saturated heterocycles. The van der Waals surface area contributed by atoms with Gasteiger partial charge in [-0.2, -0.15) is 13.2 Å². The Labute approximate surface area is 159 Å². The molecule has 0 spiro atoms. The van der Waals surface area contributed by atoms with Gasteiger partial charge in [0, 0.05) is 6.54 Å². The summed E-state index contributed by atoms with van der Waals surface area (Å²) in [4.78, 5) is 8.10. The zero-order chi connectivity index (χ0) is 19.4. The molecule has 2 aromatic carbocycles. The Kier molecular flexibility index (Phi) is 5.51. The van der Waals surface area contributed by atoms with Gasteiger partial charge in [-0.25, -0.2) is 9.97 Å². The maximum absolute atomic E-state index is 12.6. The van der Waals surface area contributed by atoms with Crippen LogP contribution in [-0.2, 0) is 12.7 Å². The van der Waals surface area contributed by atoms with E-state index in [0.29, 0.717) is 34.6 Å². The standard InChI is InChI=1S/C19H15ClF3N3O/c1-12-17(20)18(26-11-25-12)24-10-13-2-6-15(7-3-13)27-16-8-4-14(5-9-16)19(21,22)23/h2-9,11H,10H2,1H3,(H,24,25,26). The van der Waals surface area contributed by atoms with Crippen molar-refractivity contribution in [1.29, 1.82) is 0 Å². The number of halogens is 4. The summed E-state index contributed by atoms with van der Waals surface area (Å²) >= 11 is 6.14. The Morgan fingerprint density at radius 2 is 1.56 bits per heavy atom. The second-order valence-corrected chi connectivity index (χ2v) is 6.12. The average molecular weight is 394 g/mol. The molecule has 0 amide bonds. The van der Waals surface area contributed by atoms with Crippen LogP contribution in [0.2, 0.25) is 5.02 Å². The highest BCUT2D eigenvalue weighted by atomic mass is 35.5. The lowest BCUT2D eigenvalue weighted by Gasteiger charge is -2.10. The third kappa shape index (κ3) is 4.89. The van der Waals surface area contributed by atoms with Crippen molar-refractivity contribution in [2.45, 2.75) is 19.6 Å². The second kappa shape index (κ2) is 7.84. The second-order valence-electron chi connectivity index (χ2n) is 5.74. The van der Waals surface area contributed by atoms with Crippen molar-refractivity contribution in [2.75, 3.05) is 5.32 Å². The van der Waals surface area contributed by atoms with Gasteiger partial charge in [0.05, 0.1) is 11.3 Å². The van der Waals surface area contributed by atoms with Crippen LogP contribution in [0.15, 0.2) is 54.9 Å². The van der Waals surface area contributed by atoms with Crippen molar-refractivity contribution in [3.8, 4) is 11.5 Å². The molecule has 140 valence electrons. The van der Waals surface area contributed by atoms with E-state index in [1.165, 1.54) is 18.5 Å². The molecule has 0 unspecified atom stereocenters. The average Bonchev–Trinajstić information content (AvgIpc) is 2.64. The zero-order valence-corrected chi connectivity index (χ0v) is 15.0. The highest BCUT2D eigenvalue weighted by molar-refractivity contribution is 6.33. The molecule has 8 heteroatoms. The first kappa shape index (κ1) is 19.0. The molecule has 0 aliphatic rings. The molecule has 3 rings (SSSR count). The van der Waals surface area contributed by atoms with Crippen LogP contribution in [0.5, 0.6) is 11.5 Å². The topological polar surface area (TPSA) is 47.0 Å². The largest absolute Gasteiger partial charge is 0.457 e. The van der Waals surface area contributed by atoms with Crippen molar-refractivity contribution in [2.24, 2.45) is 0 Å². The third-order valence-corrected chi connectivity index (χ3v) is 4.22. The maximum Gasteiger partial charge on any atom is 0.416 e. The summed E-state index contributed by atoms with van der Waals surface area (Å²) in [6.45, 7) is 2.29. The number of benzene rings is 2. The van der Waals surface area contributed by atoms with Gasteiger partial charge in [0.25, 0.3) is 0 Å². The van der Waals surface area contributed by atoms with Crippen LogP contribution in [0.4, 0.5) is 19.0 Å². The number of aryl methyl sites for hydroxylation is 1. The van der Waals surface area contributed by atoms with E-state index in [-0.39, 0.29) is 0 Å². The predicted molar refractivity (Wildman–Crippen MR) is 97.1 cm³/mol. The molecular weight excluding hydrogens is 379 g/mol. The quantitative estimate of drug-likeness (QED) is 0.589. The first-order valence-electron chi connectivity index (χ1n) is 7.98. The van der Waals surface area contributed by atoms with E-state index in [9.17, 15) is 13.2 Å². The van der Waals surface area contributed by atoms with E-state index >= 15 is 0 Å². The van der Waals surface area contributed by atoms with Crippen LogP contribution in [0, 0.1) is 6.92 Å². The predicted octanol–water partition coefficient (Wildman–Crippen LogP) is 5.86. The monoisotopic (exact) mass is 393 g/mol. The highest BCUT2D eigenvalue weighted by Crippen LogP contribution is 2.31. The minimum Gasteiger partial charge on any atom is -0.457 e. The first-order valence-corrected chi connectivity index (χ1v) is 8.36. The van der Waals surface area contributed by atoms with Gasteiger partial charge in [0.2, 0.25) is 0 Å². The molecule has 27 heavy (non-hydrogen) atoms. The number of aromatic nitrogens is 2. The molecule has 3 aromatic rings. The van der Waals surface area contributed by atoms with Gasteiger partial charge in [0.15, 0.2) is 0 Å². The van der Waals surface area contributed by atoms with Gasteiger partial charge in [-0.05, 0) is 48.9 Å². The van der Waals surface area contributed by atoms with Gasteiger partial charge in [0.1, 0.15) is 28.7 Å². The minimum atomic E-state index is -4.36. The van der Waals surface area contributed by atoms with Crippen molar-refractivity contribution in [3.63, 3.8) is 0 Å². The van der Waals surface area contributed by atoms with E-state index < -0.39 is 11.7 Å². The number of hydrogen-bond donors (Lipinski definition) is 1. The number of ether oxygens (including phenoxy) is 1. The van der Waals surface area contributed by atoms with Crippen molar-refractivity contribution in [3.05, 3.63) is 76.7 Å². The van der Waals surface area contributed by atoms with Crippen LogP contribution in [0.1, 0.15) is 16.8 Å². The summed E-state index contributed by atoms with van der Waals surface area (Å²) < 4.78 is 43.3. The van der Waals surface area contributed by atoms with Crippen LogP contribution in [0.3, 0.4) is 0 Å². The highest BCUT2D eigenvalue weighted by Gasteiger charge is 2.30. The third-order valence-electron chi connectivity index (χ3n) is 3.76. The Balaban J connectivity index is 1.61. The van der Waals surface area contributed by atoms with Gasteiger partial charge < -0.3 is 10.1 Å². The summed E-state index contributed by atoms with van der Waals surface area (Å²) in [5.41, 5.74) is 0.937. The van der Waals surface area contributed by atoms with E-state index in [1.54, 1.807) is 19.1 Å². The smallest absolute Gasteiger partial charge is 0.416 e. The minimum absolute atomic E-state index is 0.331. The Hall–Kier alpha value is -2.80. The number of nitrogens with one attached hydrogen (secondary N) is 1. The Bertz CT molecular complexity index is 913. The molecular formula is C19H15ClF3N3O. The molecule has 0 fully saturated rings. The van der Waals surface area contributed by atoms with Crippen LogP contribution in [0.25, 0.3) is 0 Å². The van der Waals surface area contributed by atoms with Gasteiger partial charge >= 0.3 is 6.18 Å². The molecule has 0 radical (unpaired) electrons. The van der Waals surface area contributed by atoms with Crippen LogP contribution >= 0.6 is 11.6 Å². The molecule has 0 aliphatic heterocycles. The lowest BCUT2D eigenvalue weighted by Crippen LogP contribution is -2.04. The number of alkyl halides is 3. The number of rotatable bonds is 5. The van der Waals surface area contributed by atoms with E-state index in [1.807, 2.05) is 12.1 Å². The summed E-state index contributed by atoms with van der Waals surface area (Å²) in [6, 6.07) is 11.7. The van der Waals surface area contributed by atoms with Crippen molar-refractivity contribution in [1.82, 2.24) is 9.97 Å². The SMILES string of the molecule is Cc1ncnc(NCc2ccc(Oc3ccc(C(F)(F)F)cc3)cc2)c1Cl. The molecule has 0 aliphatic carbocycles. The van der Waals surface area contributed by atoms with Gasteiger partial charge in [-0.1, -0.05) is 23.7 Å². The van der Waals surface area contributed by atoms with Gasteiger partial charge in [-0.3, -0.25) is 0 Å². The molecule has 1 N–H and O–H groups in total. The molecule has 1 heterocycles. The Morgan fingerprint density at radius 1 is 0.963 bits per heavy atom. The molecule has 1 aromatic heterocycles. The summed E-state index contributed by atoms with van der Waals surface area (Å²) in [7, 11) is 0. The number of nitrogens with zero attached hydrogens (tertiary/aromatic N) is 2. The summed E-state index contributed by atoms with van der Waals surface area (Å²) in [5, 5.41) is 3.60.